The summed E-state index contributed by atoms with van der Waals surface area (Å²) in [4.78, 5) is 48.2. The van der Waals surface area contributed by atoms with Gasteiger partial charge >= 0.3 is 6.03 Å². The van der Waals surface area contributed by atoms with Gasteiger partial charge in [-0.1, -0.05) is 0 Å². The molecule has 0 bridgehead atoms. The lowest BCUT2D eigenvalue weighted by atomic mass is 10.0. The van der Waals surface area contributed by atoms with Gasteiger partial charge in [-0.2, -0.15) is 0 Å². The minimum atomic E-state index is 0.101. The molecule has 0 spiro atoms. The molecule has 1 saturated heterocycles. The van der Waals surface area contributed by atoms with Crippen molar-refractivity contribution < 1.29 is 9.53 Å². The first-order chi connectivity index (χ1) is 27.5. The van der Waals surface area contributed by atoms with E-state index in [2.05, 4.69) is 102 Å². The Bertz CT molecular complexity index is 2600. The van der Waals surface area contributed by atoms with E-state index in [1.54, 1.807) is 35.3 Å². The summed E-state index contributed by atoms with van der Waals surface area (Å²) in [5.41, 5.74) is 9.36. The van der Waals surface area contributed by atoms with E-state index in [0.29, 0.717) is 39.4 Å². The van der Waals surface area contributed by atoms with Crippen LogP contribution in [0.2, 0.25) is 0 Å². The summed E-state index contributed by atoms with van der Waals surface area (Å²) in [5.74, 6) is 1.69. The Morgan fingerprint density at radius 1 is 0.732 bits per heavy atom. The molecule has 284 valence electrons. The highest BCUT2D eigenvalue weighted by Gasteiger charge is 2.30. The number of benzene rings is 2. The van der Waals surface area contributed by atoms with Crippen LogP contribution in [0.4, 0.5) is 27.8 Å². The van der Waals surface area contributed by atoms with E-state index in [-0.39, 0.29) is 6.03 Å². The first-order valence-electron chi connectivity index (χ1n) is 18.5. The van der Waals surface area contributed by atoms with Crippen LogP contribution in [0.3, 0.4) is 0 Å². The molecule has 1 fully saturated rings. The van der Waals surface area contributed by atoms with Crippen LogP contribution in [0, 0.1) is 0 Å². The molecule has 2 amide bonds. The van der Waals surface area contributed by atoms with Crippen molar-refractivity contribution in [1.29, 1.82) is 0 Å². The first kappa shape index (κ1) is 36.0. The molecule has 0 atom stereocenters. The van der Waals surface area contributed by atoms with Crippen molar-refractivity contribution in [2.24, 2.45) is 9.98 Å². The second-order valence-corrected chi connectivity index (χ2v) is 17.9. The van der Waals surface area contributed by atoms with Gasteiger partial charge < -0.3 is 30.5 Å². The van der Waals surface area contributed by atoms with Gasteiger partial charge in [0.05, 0.1) is 55.0 Å². The Morgan fingerprint density at radius 3 is 1.95 bits per heavy atom. The molecule has 0 saturated carbocycles. The minimum absolute atomic E-state index is 0.101. The summed E-state index contributed by atoms with van der Waals surface area (Å²) in [6, 6.07) is 8.58. The van der Waals surface area contributed by atoms with E-state index in [0.717, 1.165) is 91.6 Å². The molecule has 3 N–H and O–H groups in total. The number of anilines is 4. The van der Waals surface area contributed by atoms with Crippen LogP contribution < -0.4 is 16.0 Å². The number of rotatable bonds is 4. The Kier molecular flexibility index (Phi) is 9.75. The number of halogens is 2. The lowest BCUT2D eigenvalue weighted by Crippen LogP contribution is -2.49. The number of hydrogen-bond donors (Lipinski definition) is 3. The highest BCUT2D eigenvalue weighted by atomic mass is 79.9. The molecular formula is C39H35Br2N11O2S2. The van der Waals surface area contributed by atoms with Crippen LogP contribution in [0.5, 0.6) is 0 Å². The van der Waals surface area contributed by atoms with Crippen molar-refractivity contribution in [2.45, 2.75) is 39.0 Å². The number of hydrogen-bond acceptors (Lipinski definition) is 13. The molecular weight excluding hydrogens is 878 g/mol. The molecule has 5 aliphatic heterocycles. The number of ether oxygens (including phenoxy) is 1. The Hall–Kier alpha value is -4.39. The molecule has 4 aromatic heterocycles. The molecule has 13 nitrogen and oxygen atoms in total. The van der Waals surface area contributed by atoms with Gasteiger partial charge in [0.15, 0.2) is 0 Å². The molecule has 11 rings (SSSR count). The number of aromatic nitrogens is 4. The molecule has 0 aliphatic carbocycles. The fourth-order valence-electron chi connectivity index (χ4n) is 7.80. The predicted octanol–water partition coefficient (Wildman–Crippen LogP) is 7.72. The van der Waals surface area contributed by atoms with Crippen molar-refractivity contribution >= 4 is 116 Å². The SMILES string of the molecule is Brc1cc2c(cc1Nc1ncnc3sc4c(c13)CCNC4)C=NC2.O=C(N1CCOCC1)N1CCc2c(sc3ncnc(Nc4cc5c(cc4Br)CN=C5)c23)C1. The summed E-state index contributed by atoms with van der Waals surface area (Å²) < 4.78 is 7.40. The van der Waals surface area contributed by atoms with Gasteiger partial charge in [0.1, 0.15) is 34.0 Å². The number of nitrogens with one attached hydrogen (secondary N) is 3. The van der Waals surface area contributed by atoms with Crippen molar-refractivity contribution in [1.82, 2.24) is 35.1 Å². The van der Waals surface area contributed by atoms with Crippen LogP contribution in [-0.4, -0.2) is 87.6 Å². The summed E-state index contributed by atoms with van der Waals surface area (Å²) in [6.45, 7) is 7.28. The largest absolute Gasteiger partial charge is 0.378 e. The van der Waals surface area contributed by atoms with Gasteiger partial charge in [-0.05, 0) is 109 Å². The molecule has 2 aromatic carbocycles. The Morgan fingerprint density at radius 2 is 1.32 bits per heavy atom. The van der Waals surface area contributed by atoms with Crippen LogP contribution in [-0.2, 0) is 43.8 Å². The van der Waals surface area contributed by atoms with Crippen molar-refractivity contribution in [3.8, 4) is 0 Å². The standard InChI is InChI=1S/C22H21BrN6O2S.C17H14BrN5S/c23-16-7-13-9-24-10-14(13)8-17(16)27-20-19-15-1-2-29(22(30)28-3-5-31-6-4-28)11-18(15)32-21(19)26-12-25-20;18-12-3-9-5-20-6-10(9)4-13(12)23-16-15-11-1-2-19-7-14(11)24-17(15)22-8-21-16/h7-8,10,12H,1-6,9,11H2,(H,25,26,27);3-4,6,8,19H,1-2,5,7H2,(H,21,22,23). The number of amides is 2. The number of urea groups is 1. The molecule has 0 radical (unpaired) electrons. The highest BCUT2D eigenvalue weighted by molar-refractivity contribution is 9.11. The second-order valence-electron chi connectivity index (χ2n) is 14.0. The van der Waals surface area contributed by atoms with Gasteiger partial charge in [0.25, 0.3) is 0 Å². The molecule has 9 heterocycles. The van der Waals surface area contributed by atoms with E-state index in [9.17, 15) is 4.79 Å². The third kappa shape index (κ3) is 6.77. The maximum atomic E-state index is 13.0. The summed E-state index contributed by atoms with van der Waals surface area (Å²) in [5, 5.41) is 12.7. The lowest BCUT2D eigenvalue weighted by molar-refractivity contribution is 0.0423. The van der Waals surface area contributed by atoms with Crippen LogP contribution in [0.25, 0.3) is 20.4 Å². The maximum Gasteiger partial charge on any atom is 0.320 e. The van der Waals surface area contributed by atoms with Gasteiger partial charge in [-0.25, -0.2) is 24.7 Å². The number of nitrogens with zero attached hydrogens (tertiary/aromatic N) is 8. The van der Waals surface area contributed by atoms with Crippen LogP contribution in [0.15, 0.2) is 55.9 Å². The van der Waals surface area contributed by atoms with Gasteiger partial charge in [-0.15, -0.1) is 22.7 Å². The van der Waals surface area contributed by atoms with Crippen molar-refractivity contribution in [3.63, 3.8) is 0 Å². The third-order valence-corrected chi connectivity index (χ3v) is 14.2. The smallest absolute Gasteiger partial charge is 0.320 e. The number of fused-ring (bicyclic) bond motifs is 8. The third-order valence-electron chi connectivity index (χ3n) is 10.6. The maximum absolute atomic E-state index is 13.0. The predicted molar refractivity (Wildman–Crippen MR) is 230 cm³/mol. The van der Waals surface area contributed by atoms with E-state index < -0.39 is 0 Å². The second kappa shape index (κ2) is 15.2. The van der Waals surface area contributed by atoms with Crippen molar-refractivity contribution in [2.75, 3.05) is 50.0 Å². The summed E-state index contributed by atoms with van der Waals surface area (Å²) >= 11 is 10.8. The zero-order valence-electron chi connectivity index (χ0n) is 30.1. The Balaban J connectivity index is 0.000000143. The molecule has 6 aromatic rings. The fraction of sp³-hybridized carbons (Fsp3) is 0.308. The number of aliphatic imine (C=N–C) groups is 2. The normalized spacial score (nSPS) is 16.7. The van der Waals surface area contributed by atoms with Crippen LogP contribution in [0.1, 0.15) is 43.1 Å². The molecule has 5 aliphatic rings. The summed E-state index contributed by atoms with van der Waals surface area (Å²) in [6.07, 6.45) is 8.91. The van der Waals surface area contributed by atoms with Gasteiger partial charge in [-0.3, -0.25) is 9.98 Å². The zero-order chi connectivity index (χ0) is 37.8. The van der Waals surface area contributed by atoms with E-state index >= 15 is 0 Å². The average Bonchev–Trinajstić information content (AvgIpc) is 4.03. The van der Waals surface area contributed by atoms with Crippen molar-refractivity contribution in [3.05, 3.63) is 89.0 Å². The zero-order valence-corrected chi connectivity index (χ0v) is 34.9. The van der Waals surface area contributed by atoms with Crippen LogP contribution >= 0.6 is 54.5 Å². The molecule has 17 heteroatoms. The number of carbonyl (C=O) groups excluding carboxylic acids is 1. The van der Waals surface area contributed by atoms with Gasteiger partial charge in [0.2, 0.25) is 0 Å². The number of morpholine rings is 1. The van der Waals surface area contributed by atoms with Gasteiger partial charge in [0, 0.05) is 57.3 Å². The quantitative estimate of drug-likeness (QED) is 0.162. The van der Waals surface area contributed by atoms with E-state index in [4.69, 9.17) is 4.74 Å². The summed E-state index contributed by atoms with van der Waals surface area (Å²) in [7, 11) is 0. The topological polar surface area (TPSA) is 145 Å². The number of thiophene rings is 2. The minimum Gasteiger partial charge on any atom is -0.378 e. The molecule has 0 unspecified atom stereocenters. The average molecular weight is 914 g/mol. The fourth-order valence-corrected chi connectivity index (χ4v) is 11.1. The van der Waals surface area contributed by atoms with E-state index in [1.807, 2.05) is 22.2 Å². The lowest BCUT2D eigenvalue weighted by Gasteiger charge is -2.34. The monoisotopic (exact) mass is 911 g/mol. The number of carbonyl (C=O) groups is 1. The Labute approximate surface area is 347 Å². The highest BCUT2D eigenvalue weighted by Crippen LogP contribution is 2.41. The van der Waals surface area contributed by atoms with E-state index in [1.165, 1.54) is 43.0 Å². The molecule has 56 heavy (non-hydrogen) atoms. The first-order valence-corrected chi connectivity index (χ1v) is 21.7.